The largest absolute Gasteiger partial charge is 0.289 e. The molecule has 136 valence electrons. The smallest absolute Gasteiger partial charge is 0.188 e. The van der Waals surface area contributed by atoms with Crippen molar-refractivity contribution in [2.45, 2.75) is 13.8 Å². The molecule has 2 nitrogen and oxygen atoms in total. The van der Waals surface area contributed by atoms with Gasteiger partial charge in [0.25, 0.3) is 0 Å². The topological polar surface area (TPSA) is 30.0 Å². The summed E-state index contributed by atoms with van der Waals surface area (Å²) in [6, 6.07) is 26.2. The SMILES string of the molecule is Cc1ccc(/C=C/C(=O)c2c(C)nc3ccccc3c2-c2ccccc2)cc1. The summed E-state index contributed by atoms with van der Waals surface area (Å²) in [6.45, 7) is 3.96. The summed E-state index contributed by atoms with van der Waals surface area (Å²) in [5, 5.41) is 0.992. The highest BCUT2D eigenvalue weighted by molar-refractivity contribution is 6.16. The maximum absolute atomic E-state index is 13.2. The molecule has 0 N–H and O–H groups in total. The standard InChI is InChI=1S/C26H21NO/c1-18-12-14-20(15-13-18)16-17-24(28)25-19(2)27-23-11-7-6-10-22(23)26(25)21-8-4-3-5-9-21/h3-17H,1-2H3/b17-16+. The van der Waals surface area contributed by atoms with Crippen LogP contribution in [0.1, 0.15) is 27.2 Å². The maximum Gasteiger partial charge on any atom is 0.188 e. The van der Waals surface area contributed by atoms with Gasteiger partial charge in [0.2, 0.25) is 0 Å². The van der Waals surface area contributed by atoms with Crippen molar-refractivity contribution in [3.05, 3.63) is 107 Å². The Hall–Kier alpha value is -3.52. The highest BCUT2D eigenvalue weighted by Crippen LogP contribution is 2.33. The van der Waals surface area contributed by atoms with E-state index in [0.717, 1.165) is 33.3 Å². The molecular formula is C26H21NO. The molecule has 0 aliphatic rings. The van der Waals surface area contributed by atoms with E-state index in [-0.39, 0.29) is 5.78 Å². The number of carbonyl (C=O) groups is 1. The van der Waals surface area contributed by atoms with Gasteiger partial charge < -0.3 is 0 Å². The van der Waals surface area contributed by atoms with Crippen molar-refractivity contribution in [2.24, 2.45) is 0 Å². The number of hydrogen-bond acceptors (Lipinski definition) is 2. The van der Waals surface area contributed by atoms with Crippen LogP contribution in [0.3, 0.4) is 0 Å². The second kappa shape index (κ2) is 7.61. The Kier molecular flexibility index (Phi) is 4.86. The molecule has 3 aromatic carbocycles. The number of aryl methyl sites for hydroxylation is 2. The molecule has 4 aromatic rings. The molecule has 0 spiro atoms. The van der Waals surface area contributed by atoms with Crippen molar-refractivity contribution in [3.63, 3.8) is 0 Å². The van der Waals surface area contributed by atoms with Gasteiger partial charge >= 0.3 is 0 Å². The number of aromatic nitrogens is 1. The van der Waals surface area contributed by atoms with Gasteiger partial charge in [0.15, 0.2) is 5.78 Å². The molecule has 28 heavy (non-hydrogen) atoms. The summed E-state index contributed by atoms with van der Waals surface area (Å²) in [6.07, 6.45) is 3.51. The molecule has 0 amide bonds. The quantitative estimate of drug-likeness (QED) is 0.309. The molecule has 0 saturated heterocycles. The third-order valence-electron chi connectivity index (χ3n) is 4.89. The predicted octanol–water partition coefficient (Wildman–Crippen LogP) is 6.41. The number of benzene rings is 3. The number of allylic oxidation sites excluding steroid dienone is 1. The molecule has 0 saturated carbocycles. The number of nitrogens with zero attached hydrogens (tertiary/aromatic N) is 1. The van der Waals surface area contributed by atoms with Crippen LogP contribution in [0.15, 0.2) is 84.9 Å². The van der Waals surface area contributed by atoms with Crippen LogP contribution in [0.4, 0.5) is 0 Å². The van der Waals surface area contributed by atoms with Crippen molar-refractivity contribution >= 4 is 22.8 Å². The second-order valence-electron chi connectivity index (χ2n) is 6.94. The lowest BCUT2D eigenvalue weighted by atomic mass is 9.92. The predicted molar refractivity (Wildman–Crippen MR) is 116 cm³/mol. The minimum atomic E-state index is -0.0322. The molecule has 2 heteroatoms. The van der Waals surface area contributed by atoms with Gasteiger partial charge in [-0.2, -0.15) is 0 Å². The molecule has 1 heterocycles. The number of hydrogen-bond donors (Lipinski definition) is 0. The molecule has 1 aromatic heterocycles. The fourth-order valence-corrected chi connectivity index (χ4v) is 3.47. The molecule has 0 radical (unpaired) electrons. The summed E-state index contributed by atoms with van der Waals surface area (Å²) in [5.41, 5.74) is 6.48. The van der Waals surface area contributed by atoms with E-state index >= 15 is 0 Å². The Morgan fingerprint density at radius 3 is 2.25 bits per heavy atom. The summed E-state index contributed by atoms with van der Waals surface area (Å²) >= 11 is 0. The number of carbonyl (C=O) groups excluding carboxylic acids is 1. The van der Waals surface area contributed by atoms with Gasteiger partial charge in [-0.3, -0.25) is 9.78 Å². The molecule has 0 aliphatic carbocycles. The highest BCUT2D eigenvalue weighted by Gasteiger charge is 2.18. The zero-order valence-electron chi connectivity index (χ0n) is 16.0. The minimum Gasteiger partial charge on any atom is -0.289 e. The van der Waals surface area contributed by atoms with Crippen LogP contribution in [0, 0.1) is 13.8 Å². The number of fused-ring (bicyclic) bond motifs is 1. The second-order valence-corrected chi connectivity index (χ2v) is 6.94. The maximum atomic E-state index is 13.2. The first-order valence-electron chi connectivity index (χ1n) is 9.37. The van der Waals surface area contributed by atoms with Crippen LogP contribution in [0.5, 0.6) is 0 Å². The van der Waals surface area contributed by atoms with Gasteiger partial charge in [-0.05, 0) is 37.1 Å². The van der Waals surface area contributed by atoms with Crippen LogP contribution in [-0.2, 0) is 0 Å². The van der Waals surface area contributed by atoms with Gasteiger partial charge in [-0.15, -0.1) is 0 Å². The average Bonchev–Trinajstić information content (AvgIpc) is 2.72. The van der Waals surface area contributed by atoms with E-state index in [9.17, 15) is 4.79 Å². The lowest BCUT2D eigenvalue weighted by Gasteiger charge is -2.14. The summed E-state index contributed by atoms with van der Waals surface area (Å²) < 4.78 is 0. The third-order valence-corrected chi connectivity index (χ3v) is 4.89. The lowest BCUT2D eigenvalue weighted by molar-refractivity contribution is 0.104. The number of para-hydroxylation sites is 1. The van der Waals surface area contributed by atoms with Gasteiger partial charge in [-0.25, -0.2) is 0 Å². The minimum absolute atomic E-state index is 0.0322. The Labute approximate surface area is 165 Å². The Morgan fingerprint density at radius 1 is 0.821 bits per heavy atom. The number of ketones is 1. The van der Waals surface area contributed by atoms with Gasteiger partial charge in [0, 0.05) is 16.6 Å². The van der Waals surface area contributed by atoms with E-state index in [4.69, 9.17) is 4.98 Å². The average molecular weight is 363 g/mol. The van der Waals surface area contributed by atoms with Gasteiger partial charge in [-0.1, -0.05) is 84.4 Å². The van der Waals surface area contributed by atoms with Crippen LogP contribution in [0.25, 0.3) is 28.1 Å². The third kappa shape index (κ3) is 3.49. The van der Waals surface area contributed by atoms with Crippen LogP contribution in [-0.4, -0.2) is 10.8 Å². The van der Waals surface area contributed by atoms with Crippen molar-refractivity contribution in [1.29, 1.82) is 0 Å². The number of pyridine rings is 1. The molecule has 4 rings (SSSR count). The van der Waals surface area contributed by atoms with Crippen molar-refractivity contribution in [1.82, 2.24) is 4.98 Å². The molecule has 0 unspecified atom stereocenters. The Morgan fingerprint density at radius 2 is 1.50 bits per heavy atom. The molecule has 0 aliphatic heterocycles. The Bertz CT molecular complexity index is 1170. The lowest BCUT2D eigenvalue weighted by Crippen LogP contribution is -2.05. The molecule has 0 atom stereocenters. The first-order chi connectivity index (χ1) is 13.6. The van der Waals surface area contributed by atoms with Gasteiger partial charge in [0.05, 0.1) is 11.1 Å². The first kappa shape index (κ1) is 17.9. The highest BCUT2D eigenvalue weighted by atomic mass is 16.1. The first-order valence-corrected chi connectivity index (χ1v) is 9.37. The summed E-state index contributed by atoms with van der Waals surface area (Å²) in [4.78, 5) is 17.9. The van der Waals surface area contributed by atoms with Crippen molar-refractivity contribution in [2.75, 3.05) is 0 Å². The molecule has 0 fully saturated rings. The molecule has 0 bridgehead atoms. The van der Waals surface area contributed by atoms with E-state index in [1.54, 1.807) is 6.08 Å². The summed E-state index contributed by atoms with van der Waals surface area (Å²) in [7, 11) is 0. The zero-order valence-corrected chi connectivity index (χ0v) is 16.0. The summed E-state index contributed by atoms with van der Waals surface area (Å²) in [5.74, 6) is -0.0322. The van der Waals surface area contributed by atoms with Crippen molar-refractivity contribution < 1.29 is 4.79 Å². The monoisotopic (exact) mass is 363 g/mol. The fourth-order valence-electron chi connectivity index (χ4n) is 3.47. The zero-order chi connectivity index (χ0) is 19.5. The van der Waals surface area contributed by atoms with Crippen LogP contribution >= 0.6 is 0 Å². The van der Waals surface area contributed by atoms with E-state index in [1.165, 1.54) is 5.56 Å². The van der Waals surface area contributed by atoms with Crippen molar-refractivity contribution in [3.8, 4) is 11.1 Å². The van der Waals surface area contributed by atoms with Crippen LogP contribution < -0.4 is 0 Å². The molecular weight excluding hydrogens is 342 g/mol. The Balaban J connectivity index is 1.87. The normalized spacial score (nSPS) is 11.2. The van der Waals surface area contributed by atoms with Crippen LogP contribution in [0.2, 0.25) is 0 Å². The van der Waals surface area contributed by atoms with E-state index in [0.29, 0.717) is 5.56 Å². The number of rotatable bonds is 4. The van der Waals surface area contributed by atoms with E-state index in [2.05, 4.69) is 6.92 Å². The van der Waals surface area contributed by atoms with E-state index < -0.39 is 0 Å². The van der Waals surface area contributed by atoms with E-state index in [1.807, 2.05) is 91.9 Å². The fraction of sp³-hybridized carbons (Fsp3) is 0.0769. The van der Waals surface area contributed by atoms with Gasteiger partial charge in [0.1, 0.15) is 0 Å².